The second-order valence-electron chi connectivity index (χ2n) is 8.08. The molecule has 0 saturated carbocycles. The van der Waals surface area contributed by atoms with Gasteiger partial charge in [-0.25, -0.2) is 4.79 Å². The van der Waals surface area contributed by atoms with Gasteiger partial charge in [-0.05, 0) is 55.7 Å². The number of thiophene rings is 1. The standard InChI is InChI=1S/C23H27N3O3S/c1-16-6-7-17(2)18(14-16)15-26-19-9-13-30-21(19)22(28)25(23(26)29)12-8-20(27)24-10-4-3-5-11-24/h6-7,9,13-14H,3-5,8,10-12,15H2,1-2H3. The zero-order valence-electron chi connectivity index (χ0n) is 17.5. The Balaban J connectivity index is 1.68. The Kier molecular flexibility index (Phi) is 5.90. The summed E-state index contributed by atoms with van der Waals surface area (Å²) >= 11 is 1.34. The van der Waals surface area contributed by atoms with E-state index in [1.807, 2.05) is 36.3 Å². The smallest absolute Gasteiger partial charge is 0.331 e. The minimum Gasteiger partial charge on any atom is -0.343 e. The highest BCUT2D eigenvalue weighted by atomic mass is 32.1. The summed E-state index contributed by atoms with van der Waals surface area (Å²) < 4.78 is 3.47. The Morgan fingerprint density at radius 3 is 2.57 bits per heavy atom. The summed E-state index contributed by atoms with van der Waals surface area (Å²) in [5.74, 6) is 0.0216. The molecule has 0 aliphatic carbocycles. The van der Waals surface area contributed by atoms with Gasteiger partial charge in [-0.3, -0.25) is 18.7 Å². The molecule has 3 heterocycles. The van der Waals surface area contributed by atoms with Gasteiger partial charge in [0.05, 0.1) is 12.1 Å². The van der Waals surface area contributed by atoms with Gasteiger partial charge in [-0.15, -0.1) is 11.3 Å². The number of benzene rings is 1. The molecule has 3 aromatic rings. The van der Waals surface area contributed by atoms with Crippen molar-refractivity contribution in [2.24, 2.45) is 0 Å². The number of likely N-dealkylation sites (tertiary alicyclic amines) is 1. The first-order valence-corrected chi connectivity index (χ1v) is 11.4. The third-order valence-corrected chi connectivity index (χ3v) is 6.82. The molecule has 0 atom stereocenters. The van der Waals surface area contributed by atoms with Crippen LogP contribution in [0.4, 0.5) is 0 Å². The average molecular weight is 426 g/mol. The number of aryl methyl sites for hydroxylation is 2. The van der Waals surface area contributed by atoms with Crippen molar-refractivity contribution in [3.8, 4) is 0 Å². The van der Waals surface area contributed by atoms with E-state index in [0.717, 1.165) is 49.0 Å². The van der Waals surface area contributed by atoms with Crippen molar-refractivity contribution in [1.29, 1.82) is 0 Å². The van der Waals surface area contributed by atoms with Crippen molar-refractivity contribution < 1.29 is 4.79 Å². The molecular weight excluding hydrogens is 398 g/mol. The number of rotatable bonds is 5. The molecule has 1 amide bonds. The second-order valence-corrected chi connectivity index (χ2v) is 9.00. The van der Waals surface area contributed by atoms with Crippen LogP contribution in [0.3, 0.4) is 0 Å². The molecule has 158 valence electrons. The number of piperidine rings is 1. The van der Waals surface area contributed by atoms with E-state index in [1.54, 1.807) is 4.57 Å². The number of hydrogen-bond donors (Lipinski definition) is 0. The van der Waals surface area contributed by atoms with Crippen molar-refractivity contribution in [2.45, 2.75) is 52.6 Å². The molecule has 0 radical (unpaired) electrons. The number of nitrogens with zero attached hydrogens (tertiary/aromatic N) is 3. The molecular formula is C23H27N3O3S. The fraction of sp³-hybridized carbons (Fsp3) is 0.435. The van der Waals surface area contributed by atoms with Gasteiger partial charge >= 0.3 is 5.69 Å². The van der Waals surface area contributed by atoms with Crippen molar-refractivity contribution in [1.82, 2.24) is 14.0 Å². The molecule has 4 rings (SSSR count). The maximum Gasteiger partial charge on any atom is 0.331 e. The Labute approximate surface area is 179 Å². The fourth-order valence-electron chi connectivity index (χ4n) is 4.13. The first kappa shape index (κ1) is 20.6. The minimum absolute atomic E-state index is 0.0216. The zero-order valence-corrected chi connectivity index (χ0v) is 18.3. The number of hydrogen-bond acceptors (Lipinski definition) is 4. The normalized spacial score (nSPS) is 14.4. The number of carbonyl (C=O) groups is 1. The van der Waals surface area contributed by atoms with E-state index in [9.17, 15) is 14.4 Å². The molecule has 1 aliphatic rings. The molecule has 6 nitrogen and oxygen atoms in total. The summed E-state index contributed by atoms with van der Waals surface area (Å²) in [4.78, 5) is 40.7. The first-order valence-electron chi connectivity index (χ1n) is 10.5. The third kappa shape index (κ3) is 3.99. The van der Waals surface area contributed by atoms with Crippen LogP contribution in [0.15, 0.2) is 39.2 Å². The molecule has 7 heteroatoms. The Morgan fingerprint density at radius 2 is 1.80 bits per heavy atom. The summed E-state index contributed by atoms with van der Waals surface area (Å²) in [6, 6.07) is 8.01. The highest BCUT2D eigenvalue weighted by Gasteiger charge is 2.19. The SMILES string of the molecule is Cc1ccc(C)c(Cn2c(=O)n(CCC(=O)N3CCCCC3)c(=O)c3sccc32)c1. The zero-order chi connectivity index (χ0) is 21.3. The van der Waals surface area contributed by atoms with Crippen molar-refractivity contribution in [2.75, 3.05) is 13.1 Å². The monoisotopic (exact) mass is 425 g/mol. The van der Waals surface area contributed by atoms with E-state index < -0.39 is 0 Å². The van der Waals surface area contributed by atoms with Crippen LogP contribution < -0.4 is 11.2 Å². The molecule has 1 saturated heterocycles. The lowest BCUT2D eigenvalue weighted by Gasteiger charge is -2.26. The lowest BCUT2D eigenvalue weighted by molar-refractivity contribution is -0.132. The Hall–Kier alpha value is -2.67. The first-order chi connectivity index (χ1) is 14.5. The summed E-state index contributed by atoms with van der Waals surface area (Å²) in [6.45, 7) is 6.12. The van der Waals surface area contributed by atoms with Gasteiger partial charge < -0.3 is 4.90 Å². The molecule has 2 aromatic heterocycles. The van der Waals surface area contributed by atoms with Crippen LogP contribution >= 0.6 is 11.3 Å². The molecule has 1 fully saturated rings. The highest BCUT2D eigenvalue weighted by molar-refractivity contribution is 7.17. The van der Waals surface area contributed by atoms with Crippen molar-refractivity contribution >= 4 is 27.5 Å². The number of amides is 1. The van der Waals surface area contributed by atoms with Crippen molar-refractivity contribution in [3.63, 3.8) is 0 Å². The van der Waals surface area contributed by atoms with Gasteiger partial charge in [0.1, 0.15) is 4.70 Å². The predicted molar refractivity (Wildman–Crippen MR) is 120 cm³/mol. The maximum atomic E-state index is 13.3. The number of fused-ring (bicyclic) bond motifs is 1. The largest absolute Gasteiger partial charge is 0.343 e. The topological polar surface area (TPSA) is 64.3 Å². The average Bonchev–Trinajstić information content (AvgIpc) is 3.24. The van der Waals surface area contributed by atoms with Gasteiger partial charge in [0.15, 0.2) is 0 Å². The number of aromatic nitrogens is 2. The molecule has 30 heavy (non-hydrogen) atoms. The van der Waals surface area contributed by atoms with Crippen LogP contribution in [-0.4, -0.2) is 33.0 Å². The van der Waals surface area contributed by atoms with E-state index in [2.05, 4.69) is 12.1 Å². The van der Waals surface area contributed by atoms with Crippen LogP contribution in [0, 0.1) is 13.8 Å². The van der Waals surface area contributed by atoms with E-state index in [-0.39, 0.29) is 30.1 Å². The Bertz CT molecular complexity index is 1200. The van der Waals surface area contributed by atoms with Crippen LogP contribution in [0.1, 0.15) is 42.4 Å². The van der Waals surface area contributed by atoms with Crippen LogP contribution in [0.5, 0.6) is 0 Å². The van der Waals surface area contributed by atoms with Gasteiger partial charge in [0.25, 0.3) is 5.56 Å². The summed E-state index contributed by atoms with van der Waals surface area (Å²) in [5, 5.41) is 1.84. The summed E-state index contributed by atoms with van der Waals surface area (Å²) in [6.07, 6.45) is 3.38. The fourth-order valence-corrected chi connectivity index (χ4v) is 4.98. The second kappa shape index (κ2) is 8.60. The lowest BCUT2D eigenvalue weighted by Crippen LogP contribution is -2.42. The quantitative estimate of drug-likeness (QED) is 0.630. The molecule has 1 aromatic carbocycles. The molecule has 1 aliphatic heterocycles. The molecule has 0 unspecified atom stereocenters. The van der Waals surface area contributed by atoms with Crippen molar-refractivity contribution in [3.05, 3.63) is 67.2 Å². The van der Waals surface area contributed by atoms with Gasteiger partial charge in [0.2, 0.25) is 5.91 Å². The highest BCUT2D eigenvalue weighted by Crippen LogP contribution is 2.18. The van der Waals surface area contributed by atoms with Gasteiger partial charge in [-0.1, -0.05) is 23.8 Å². The summed E-state index contributed by atoms with van der Waals surface area (Å²) in [5.41, 5.74) is 3.31. The van der Waals surface area contributed by atoms with Gasteiger partial charge in [0, 0.05) is 26.1 Å². The minimum atomic E-state index is -0.349. The van der Waals surface area contributed by atoms with E-state index in [1.165, 1.54) is 15.9 Å². The van der Waals surface area contributed by atoms with E-state index >= 15 is 0 Å². The van der Waals surface area contributed by atoms with E-state index in [4.69, 9.17) is 0 Å². The third-order valence-electron chi connectivity index (χ3n) is 5.93. The lowest BCUT2D eigenvalue weighted by atomic mass is 10.1. The predicted octanol–water partition coefficient (Wildman–Crippen LogP) is 3.29. The number of carbonyl (C=O) groups excluding carboxylic acids is 1. The molecule has 0 N–H and O–H groups in total. The summed E-state index contributed by atoms with van der Waals surface area (Å²) in [7, 11) is 0. The molecule has 0 bridgehead atoms. The maximum absolute atomic E-state index is 13.3. The van der Waals surface area contributed by atoms with E-state index in [0.29, 0.717) is 16.8 Å². The molecule has 0 spiro atoms. The van der Waals surface area contributed by atoms with Gasteiger partial charge in [-0.2, -0.15) is 0 Å². The van der Waals surface area contributed by atoms with Crippen LogP contribution in [-0.2, 0) is 17.9 Å². The van der Waals surface area contributed by atoms with Crippen LogP contribution in [0.2, 0.25) is 0 Å². The van der Waals surface area contributed by atoms with Crippen LogP contribution in [0.25, 0.3) is 10.2 Å². The Morgan fingerprint density at radius 1 is 1.03 bits per heavy atom.